The van der Waals surface area contributed by atoms with Crippen molar-refractivity contribution in [2.24, 2.45) is 11.1 Å². The van der Waals surface area contributed by atoms with Crippen LogP contribution in [0, 0.1) is 5.41 Å². The van der Waals surface area contributed by atoms with Crippen molar-refractivity contribution >= 4 is 29.7 Å². The minimum absolute atomic E-state index is 0. The number of nitrogen functional groups attached to an aromatic ring is 1. The first-order valence-electron chi connectivity index (χ1n) is 5.22. The number of benzene rings is 1. The Kier molecular flexibility index (Phi) is 5.75. The van der Waals surface area contributed by atoms with E-state index in [4.69, 9.17) is 23.1 Å². The molecule has 0 bridgehead atoms. The second kappa shape index (κ2) is 5.91. The van der Waals surface area contributed by atoms with Gasteiger partial charge in [-0.3, -0.25) is 0 Å². The van der Waals surface area contributed by atoms with E-state index in [-0.39, 0.29) is 17.8 Å². The van der Waals surface area contributed by atoms with Gasteiger partial charge in [0.1, 0.15) is 0 Å². The van der Waals surface area contributed by atoms with E-state index in [0.717, 1.165) is 0 Å². The molecule has 17 heavy (non-hydrogen) atoms. The van der Waals surface area contributed by atoms with Crippen molar-refractivity contribution in [3.63, 3.8) is 0 Å². The van der Waals surface area contributed by atoms with E-state index >= 15 is 0 Å². The Morgan fingerprint density at radius 2 is 1.82 bits per heavy atom. The third-order valence-corrected chi connectivity index (χ3v) is 2.87. The maximum absolute atomic E-state index is 10.1. The maximum Gasteiger partial charge on any atom is 0.0781 e. The first-order chi connectivity index (χ1) is 7.23. The largest absolute Gasteiger partial charge is 0.398 e. The van der Waals surface area contributed by atoms with Crippen LogP contribution < -0.4 is 11.5 Å². The molecule has 0 aliphatic rings. The van der Waals surface area contributed by atoms with E-state index in [0.29, 0.717) is 16.3 Å². The molecule has 2 atom stereocenters. The number of hydrogen-bond acceptors (Lipinski definition) is 3. The fraction of sp³-hybridized carbons (Fsp3) is 0.500. The van der Waals surface area contributed by atoms with Crippen molar-refractivity contribution in [3.05, 3.63) is 28.8 Å². The van der Waals surface area contributed by atoms with Crippen molar-refractivity contribution in [1.29, 1.82) is 0 Å². The van der Waals surface area contributed by atoms with E-state index < -0.39 is 12.1 Å². The molecule has 5 heteroatoms. The zero-order valence-electron chi connectivity index (χ0n) is 10.3. The second-order valence-electron chi connectivity index (χ2n) is 5.11. The second-order valence-corrected chi connectivity index (χ2v) is 5.55. The Morgan fingerprint density at radius 1 is 1.29 bits per heavy atom. The molecule has 0 fully saturated rings. The van der Waals surface area contributed by atoms with Crippen LogP contribution in [0.4, 0.5) is 5.69 Å². The standard InChI is InChI=1S/C12H19ClN2O.ClH/c1-12(2,3)11(16)10(15)8-6-7(13)4-5-9(8)14;/h4-6,10-11,16H,14-15H2,1-3H3;1H/t10-,11-;/m0./s1. The number of nitrogens with two attached hydrogens (primary N) is 2. The lowest BCUT2D eigenvalue weighted by Gasteiger charge is -2.31. The van der Waals surface area contributed by atoms with E-state index in [1.807, 2.05) is 20.8 Å². The summed E-state index contributed by atoms with van der Waals surface area (Å²) < 4.78 is 0. The third kappa shape index (κ3) is 4.03. The lowest BCUT2D eigenvalue weighted by atomic mass is 9.82. The highest BCUT2D eigenvalue weighted by atomic mass is 35.5. The van der Waals surface area contributed by atoms with Crippen molar-refractivity contribution < 1.29 is 5.11 Å². The quantitative estimate of drug-likeness (QED) is 0.729. The van der Waals surface area contributed by atoms with Crippen LogP contribution in [-0.4, -0.2) is 11.2 Å². The molecule has 0 spiro atoms. The van der Waals surface area contributed by atoms with Crippen molar-refractivity contribution in [1.82, 2.24) is 0 Å². The van der Waals surface area contributed by atoms with Crippen molar-refractivity contribution in [2.45, 2.75) is 32.9 Å². The van der Waals surface area contributed by atoms with Gasteiger partial charge in [-0.2, -0.15) is 0 Å². The van der Waals surface area contributed by atoms with Crippen LogP contribution in [-0.2, 0) is 0 Å². The summed E-state index contributed by atoms with van der Waals surface area (Å²) >= 11 is 5.89. The number of hydrogen-bond donors (Lipinski definition) is 3. The molecule has 1 rings (SSSR count). The average Bonchev–Trinajstić information content (AvgIpc) is 2.18. The molecule has 0 radical (unpaired) electrons. The molecule has 0 saturated heterocycles. The van der Waals surface area contributed by atoms with Crippen LogP contribution in [0.5, 0.6) is 0 Å². The van der Waals surface area contributed by atoms with E-state index in [1.165, 1.54) is 0 Å². The molecule has 0 amide bonds. The van der Waals surface area contributed by atoms with Crippen LogP contribution in [0.2, 0.25) is 5.02 Å². The zero-order chi connectivity index (χ0) is 12.5. The van der Waals surface area contributed by atoms with Gasteiger partial charge in [-0.15, -0.1) is 12.4 Å². The first kappa shape index (κ1) is 16.5. The summed E-state index contributed by atoms with van der Waals surface area (Å²) in [5, 5.41) is 10.7. The highest BCUT2D eigenvalue weighted by Crippen LogP contribution is 2.32. The van der Waals surface area contributed by atoms with Crippen LogP contribution in [0.1, 0.15) is 32.4 Å². The van der Waals surface area contributed by atoms with Gasteiger partial charge in [0.15, 0.2) is 0 Å². The van der Waals surface area contributed by atoms with E-state index in [2.05, 4.69) is 0 Å². The van der Waals surface area contributed by atoms with Gasteiger partial charge in [0.05, 0.1) is 12.1 Å². The predicted molar refractivity (Wildman–Crippen MR) is 75.5 cm³/mol. The van der Waals surface area contributed by atoms with Gasteiger partial charge in [0.2, 0.25) is 0 Å². The number of aliphatic hydroxyl groups is 1. The number of halogens is 2. The summed E-state index contributed by atoms with van der Waals surface area (Å²) in [6, 6.07) is 4.58. The Morgan fingerprint density at radius 3 is 2.29 bits per heavy atom. The van der Waals surface area contributed by atoms with E-state index in [9.17, 15) is 5.11 Å². The molecule has 3 nitrogen and oxygen atoms in total. The maximum atomic E-state index is 10.1. The van der Waals surface area contributed by atoms with Crippen LogP contribution in [0.25, 0.3) is 0 Å². The lowest BCUT2D eigenvalue weighted by molar-refractivity contribution is 0.0403. The van der Waals surface area contributed by atoms with Gasteiger partial charge in [-0.1, -0.05) is 32.4 Å². The van der Waals surface area contributed by atoms with Gasteiger partial charge >= 0.3 is 0 Å². The Labute approximate surface area is 114 Å². The van der Waals surface area contributed by atoms with Gasteiger partial charge in [-0.25, -0.2) is 0 Å². The summed E-state index contributed by atoms with van der Waals surface area (Å²) in [5.74, 6) is 0. The molecule has 98 valence electrons. The fourth-order valence-electron chi connectivity index (χ4n) is 1.54. The first-order valence-corrected chi connectivity index (χ1v) is 5.60. The topological polar surface area (TPSA) is 72.3 Å². The molecular formula is C12H20Cl2N2O. The molecular weight excluding hydrogens is 259 g/mol. The van der Waals surface area contributed by atoms with Crippen molar-refractivity contribution in [3.8, 4) is 0 Å². The number of rotatable bonds is 2. The van der Waals surface area contributed by atoms with Crippen LogP contribution >= 0.6 is 24.0 Å². The van der Waals surface area contributed by atoms with Gasteiger partial charge in [-0.05, 0) is 29.2 Å². The summed E-state index contributed by atoms with van der Waals surface area (Å²) in [4.78, 5) is 0. The molecule has 0 aliphatic heterocycles. The minimum Gasteiger partial charge on any atom is -0.398 e. The van der Waals surface area contributed by atoms with Crippen LogP contribution in [0.3, 0.4) is 0 Å². The van der Waals surface area contributed by atoms with Crippen LogP contribution in [0.15, 0.2) is 18.2 Å². The monoisotopic (exact) mass is 278 g/mol. The average molecular weight is 279 g/mol. The molecule has 0 unspecified atom stereocenters. The Bertz CT molecular complexity index is 377. The molecule has 5 N–H and O–H groups in total. The summed E-state index contributed by atoms with van der Waals surface area (Å²) in [6.07, 6.45) is -0.673. The lowest BCUT2D eigenvalue weighted by Crippen LogP contribution is -2.37. The molecule has 1 aromatic rings. The van der Waals surface area contributed by atoms with E-state index in [1.54, 1.807) is 18.2 Å². The van der Waals surface area contributed by atoms with Crippen molar-refractivity contribution in [2.75, 3.05) is 5.73 Å². The Balaban J connectivity index is 0.00000256. The normalized spacial score (nSPS) is 14.9. The summed E-state index contributed by atoms with van der Waals surface area (Å²) in [7, 11) is 0. The molecule has 0 saturated carbocycles. The highest BCUT2D eigenvalue weighted by molar-refractivity contribution is 6.30. The smallest absolute Gasteiger partial charge is 0.0781 e. The Hall–Kier alpha value is -0.480. The van der Waals surface area contributed by atoms with Gasteiger partial charge in [0.25, 0.3) is 0 Å². The molecule has 0 aromatic heterocycles. The fourth-order valence-corrected chi connectivity index (χ4v) is 1.72. The predicted octanol–water partition coefficient (Wildman–Crippen LogP) is 2.75. The SMILES string of the molecule is CC(C)(C)[C@@H](O)[C@@H](N)c1cc(Cl)ccc1N.Cl. The summed E-state index contributed by atoms with van der Waals surface area (Å²) in [6.45, 7) is 5.79. The number of anilines is 1. The molecule has 0 heterocycles. The van der Waals surface area contributed by atoms with Gasteiger partial charge < -0.3 is 16.6 Å². The molecule has 1 aromatic carbocycles. The molecule has 0 aliphatic carbocycles. The summed E-state index contributed by atoms with van der Waals surface area (Å²) in [5.41, 5.74) is 12.8. The highest BCUT2D eigenvalue weighted by Gasteiger charge is 2.30. The van der Waals surface area contributed by atoms with Gasteiger partial charge in [0, 0.05) is 10.7 Å². The number of aliphatic hydroxyl groups excluding tert-OH is 1. The minimum atomic E-state index is -0.673. The third-order valence-electron chi connectivity index (χ3n) is 2.64. The zero-order valence-corrected chi connectivity index (χ0v) is 11.8.